The van der Waals surface area contributed by atoms with Crippen molar-refractivity contribution < 1.29 is 28.5 Å². The van der Waals surface area contributed by atoms with Gasteiger partial charge in [-0.1, -0.05) is 0 Å². The number of nitrogens with zero attached hydrogens (tertiary/aromatic N) is 3. The quantitative estimate of drug-likeness (QED) is 0.352. The molecule has 1 saturated carbocycles. The number of carbonyl (C=O) groups is 1. The second-order valence-electron chi connectivity index (χ2n) is 9.09. The van der Waals surface area contributed by atoms with Crippen molar-refractivity contribution in [3.8, 4) is 17.5 Å². The number of carbonyl (C=O) groups excluding carboxylic acids is 1. The van der Waals surface area contributed by atoms with E-state index in [4.69, 9.17) is 14.2 Å². The molecule has 37 heavy (non-hydrogen) atoms. The smallest absolute Gasteiger partial charge is 0.263 e. The van der Waals surface area contributed by atoms with Gasteiger partial charge >= 0.3 is 0 Å². The number of aliphatic hydroxyl groups is 1. The fourth-order valence-electron chi connectivity index (χ4n) is 4.76. The number of ether oxygens (including phenoxy) is 3. The van der Waals surface area contributed by atoms with Gasteiger partial charge in [-0.2, -0.15) is 0 Å². The number of benzene rings is 1. The molecule has 3 heterocycles. The van der Waals surface area contributed by atoms with Gasteiger partial charge in [-0.15, -0.1) is 0 Å². The molecule has 4 N–H and O–H groups in total. The van der Waals surface area contributed by atoms with E-state index in [9.17, 15) is 14.3 Å². The third kappa shape index (κ3) is 5.41. The van der Waals surface area contributed by atoms with Crippen LogP contribution in [-0.2, 0) is 17.9 Å². The lowest BCUT2D eigenvalue weighted by Crippen LogP contribution is -2.48. The first-order valence-electron chi connectivity index (χ1n) is 12.1. The summed E-state index contributed by atoms with van der Waals surface area (Å²) in [5.41, 5.74) is 1.51. The number of amides is 1. The Kier molecular flexibility index (Phi) is 7.31. The fraction of sp³-hybridized carbons (Fsp3) is 0.440. The highest BCUT2D eigenvalue weighted by molar-refractivity contribution is 5.93. The molecule has 1 amide bonds. The van der Waals surface area contributed by atoms with E-state index in [-0.39, 0.29) is 31.1 Å². The average Bonchev–Trinajstić information content (AvgIpc) is 2.91. The molecule has 11 nitrogen and oxygen atoms in total. The van der Waals surface area contributed by atoms with Gasteiger partial charge in [0.25, 0.3) is 11.8 Å². The van der Waals surface area contributed by atoms with Crippen LogP contribution >= 0.6 is 0 Å². The predicted molar refractivity (Wildman–Crippen MR) is 132 cm³/mol. The van der Waals surface area contributed by atoms with Crippen molar-refractivity contribution >= 4 is 22.6 Å². The van der Waals surface area contributed by atoms with Gasteiger partial charge in [0, 0.05) is 48.3 Å². The summed E-state index contributed by atoms with van der Waals surface area (Å²) in [4.78, 5) is 24.5. The number of anilines is 1. The Morgan fingerprint density at radius 1 is 1.19 bits per heavy atom. The first-order chi connectivity index (χ1) is 17.9. The van der Waals surface area contributed by atoms with Crippen LogP contribution in [0.15, 0.2) is 24.4 Å². The van der Waals surface area contributed by atoms with E-state index < -0.39 is 11.9 Å². The minimum absolute atomic E-state index is 0.0690. The van der Waals surface area contributed by atoms with Crippen LogP contribution in [-0.4, -0.2) is 65.0 Å². The molecule has 12 heteroatoms. The number of aromatic nitrogens is 3. The SMILES string of the molecule is COc1ccc2c(OC)cc(F)c(CN[C@H]3CC[C@H](NCc4cnc5c(n4)NC(=O)CO5)C[C@H]3O)c2n1. The number of pyridine rings is 1. The van der Waals surface area contributed by atoms with Crippen molar-refractivity contribution in [2.24, 2.45) is 0 Å². The van der Waals surface area contributed by atoms with E-state index >= 15 is 0 Å². The molecule has 1 aliphatic carbocycles. The molecule has 2 aliphatic rings. The van der Waals surface area contributed by atoms with Gasteiger partial charge in [0.1, 0.15) is 11.6 Å². The monoisotopic (exact) mass is 512 g/mol. The van der Waals surface area contributed by atoms with Crippen LogP contribution in [0.1, 0.15) is 30.5 Å². The second-order valence-corrected chi connectivity index (χ2v) is 9.09. The maximum atomic E-state index is 15.0. The Balaban J connectivity index is 1.19. The Hall–Kier alpha value is -3.61. The third-order valence-corrected chi connectivity index (χ3v) is 6.71. The van der Waals surface area contributed by atoms with Crippen LogP contribution in [0.4, 0.5) is 10.2 Å². The van der Waals surface area contributed by atoms with Crippen molar-refractivity contribution in [3.63, 3.8) is 0 Å². The molecular formula is C25H29FN6O5. The van der Waals surface area contributed by atoms with Crippen molar-refractivity contribution in [2.45, 2.75) is 50.5 Å². The van der Waals surface area contributed by atoms with Gasteiger partial charge in [-0.3, -0.25) is 4.79 Å². The van der Waals surface area contributed by atoms with Gasteiger partial charge in [0.05, 0.1) is 37.7 Å². The summed E-state index contributed by atoms with van der Waals surface area (Å²) in [7, 11) is 3.00. The van der Waals surface area contributed by atoms with Gasteiger partial charge in [-0.05, 0) is 25.3 Å². The molecule has 0 spiro atoms. The zero-order valence-electron chi connectivity index (χ0n) is 20.6. The molecule has 2 aromatic heterocycles. The van der Waals surface area contributed by atoms with E-state index in [0.717, 1.165) is 6.42 Å². The van der Waals surface area contributed by atoms with Crippen LogP contribution < -0.4 is 30.2 Å². The van der Waals surface area contributed by atoms with Crippen LogP contribution in [0.5, 0.6) is 17.5 Å². The van der Waals surface area contributed by atoms with Crippen LogP contribution in [0.2, 0.25) is 0 Å². The normalized spacial score (nSPS) is 21.2. The van der Waals surface area contributed by atoms with Crippen LogP contribution in [0, 0.1) is 5.82 Å². The number of fused-ring (bicyclic) bond motifs is 2. The Bertz CT molecular complexity index is 1310. The van der Waals surface area contributed by atoms with Crippen molar-refractivity contribution in [1.29, 1.82) is 0 Å². The molecule has 1 aliphatic heterocycles. The lowest BCUT2D eigenvalue weighted by atomic mass is 9.88. The maximum Gasteiger partial charge on any atom is 0.263 e. The molecule has 3 aromatic rings. The van der Waals surface area contributed by atoms with Gasteiger partial charge < -0.3 is 35.3 Å². The second kappa shape index (κ2) is 10.8. The number of methoxy groups -OCH3 is 2. The molecule has 1 aromatic carbocycles. The summed E-state index contributed by atoms with van der Waals surface area (Å²) in [6.07, 6.45) is 3.01. The molecular weight excluding hydrogens is 483 g/mol. The minimum atomic E-state index is -0.622. The summed E-state index contributed by atoms with van der Waals surface area (Å²) in [5.74, 6) is 0.700. The standard InChI is InChI=1S/C25H29FN6O5/c1-35-20-8-17(26)16(23-15(20)4-6-22(32-23)36-2)11-28-18-5-3-13(7-19(18)33)27-9-14-10-29-25-24(30-14)31-21(34)12-37-25/h4,6,8,10,13,18-19,27-28,33H,3,5,7,9,11-12H2,1-2H3,(H,30,31,34)/t13-,18-,19+/m0/s1. The van der Waals surface area contributed by atoms with E-state index in [1.54, 1.807) is 18.3 Å². The summed E-state index contributed by atoms with van der Waals surface area (Å²) in [6, 6.07) is 4.73. The van der Waals surface area contributed by atoms with Gasteiger partial charge in [0.15, 0.2) is 12.4 Å². The van der Waals surface area contributed by atoms with Crippen molar-refractivity contribution in [2.75, 3.05) is 26.1 Å². The molecule has 0 radical (unpaired) electrons. The number of halogens is 1. The van der Waals surface area contributed by atoms with E-state index in [0.29, 0.717) is 64.9 Å². The summed E-state index contributed by atoms with van der Waals surface area (Å²) in [5, 5.41) is 20.8. The molecule has 196 valence electrons. The van der Waals surface area contributed by atoms with E-state index in [1.807, 2.05) is 0 Å². The fourth-order valence-corrected chi connectivity index (χ4v) is 4.76. The summed E-state index contributed by atoms with van der Waals surface area (Å²) in [6.45, 7) is 0.563. The van der Waals surface area contributed by atoms with Crippen LogP contribution in [0.25, 0.3) is 10.9 Å². The van der Waals surface area contributed by atoms with Crippen molar-refractivity contribution in [3.05, 3.63) is 41.5 Å². The molecule has 5 rings (SSSR count). The van der Waals surface area contributed by atoms with E-state index in [1.165, 1.54) is 20.3 Å². The number of rotatable bonds is 8. The summed E-state index contributed by atoms with van der Waals surface area (Å²) >= 11 is 0. The zero-order chi connectivity index (χ0) is 25.9. The first kappa shape index (κ1) is 25.1. The Labute approximate surface area is 212 Å². The number of nitrogens with one attached hydrogen (secondary N) is 3. The molecule has 0 bridgehead atoms. The lowest BCUT2D eigenvalue weighted by molar-refractivity contribution is -0.118. The zero-order valence-corrected chi connectivity index (χ0v) is 20.6. The minimum Gasteiger partial charge on any atom is -0.496 e. The average molecular weight is 513 g/mol. The highest BCUT2D eigenvalue weighted by Gasteiger charge is 2.29. The van der Waals surface area contributed by atoms with Gasteiger partial charge in [0.2, 0.25) is 5.88 Å². The molecule has 0 unspecified atom stereocenters. The summed E-state index contributed by atoms with van der Waals surface area (Å²) < 4.78 is 30.8. The number of hydrogen-bond acceptors (Lipinski definition) is 10. The topological polar surface area (TPSA) is 140 Å². The lowest BCUT2D eigenvalue weighted by Gasteiger charge is -2.34. The number of aliphatic hydroxyl groups excluding tert-OH is 1. The van der Waals surface area contributed by atoms with Crippen molar-refractivity contribution in [1.82, 2.24) is 25.6 Å². The Morgan fingerprint density at radius 2 is 2.05 bits per heavy atom. The largest absolute Gasteiger partial charge is 0.496 e. The van der Waals surface area contributed by atoms with Gasteiger partial charge in [-0.25, -0.2) is 19.3 Å². The van der Waals surface area contributed by atoms with E-state index in [2.05, 4.69) is 30.9 Å². The molecule has 1 fully saturated rings. The highest BCUT2D eigenvalue weighted by atomic mass is 19.1. The molecule has 0 saturated heterocycles. The first-order valence-corrected chi connectivity index (χ1v) is 12.1. The third-order valence-electron chi connectivity index (χ3n) is 6.71. The Morgan fingerprint density at radius 3 is 2.84 bits per heavy atom. The maximum absolute atomic E-state index is 15.0. The predicted octanol–water partition coefficient (Wildman–Crippen LogP) is 1.67. The highest BCUT2D eigenvalue weighted by Crippen LogP contribution is 2.32. The van der Waals surface area contributed by atoms with Crippen LogP contribution in [0.3, 0.4) is 0 Å². The number of hydrogen-bond donors (Lipinski definition) is 4. The molecule has 3 atom stereocenters.